The molecule has 182 valence electrons. The van der Waals surface area contributed by atoms with Crippen molar-refractivity contribution in [1.29, 1.82) is 0 Å². The zero-order chi connectivity index (χ0) is 25.7. The molecule has 0 aliphatic heterocycles. The zero-order valence-corrected chi connectivity index (χ0v) is 20.8. The summed E-state index contributed by atoms with van der Waals surface area (Å²) in [5.41, 5.74) is 3.55. The lowest BCUT2D eigenvalue weighted by molar-refractivity contribution is -0.113. The van der Waals surface area contributed by atoms with Crippen LogP contribution in [0.1, 0.15) is 30.5 Å². The summed E-state index contributed by atoms with van der Waals surface area (Å²) < 4.78 is 0. The number of carbonyl (C=O) groups excluding carboxylic acids is 2. The van der Waals surface area contributed by atoms with E-state index in [-0.39, 0.29) is 39.6 Å². The molecule has 2 aliphatic carbocycles. The summed E-state index contributed by atoms with van der Waals surface area (Å²) in [4.78, 5) is 30.9. The summed E-state index contributed by atoms with van der Waals surface area (Å²) in [6, 6.07) is 16.5. The number of carbonyl (C=O) groups is 2. The minimum absolute atomic E-state index is 0.00450. The fourth-order valence-corrected chi connectivity index (χ4v) is 5.03. The van der Waals surface area contributed by atoms with Gasteiger partial charge in [0.15, 0.2) is 5.78 Å². The van der Waals surface area contributed by atoms with Gasteiger partial charge in [-0.15, -0.1) is 0 Å². The van der Waals surface area contributed by atoms with Crippen molar-refractivity contribution in [3.8, 4) is 5.75 Å². The van der Waals surface area contributed by atoms with Gasteiger partial charge in [0.05, 0.1) is 11.1 Å². The molecule has 6 nitrogen and oxygen atoms in total. The molecule has 2 N–H and O–H groups in total. The number of aliphatic hydroxyl groups is 1. The van der Waals surface area contributed by atoms with E-state index in [4.69, 9.17) is 0 Å². The van der Waals surface area contributed by atoms with Crippen LogP contribution in [-0.2, 0) is 9.59 Å². The molecule has 0 atom stereocenters. The molecule has 0 unspecified atom stereocenters. The van der Waals surface area contributed by atoms with Crippen LogP contribution in [0, 0.1) is 0 Å². The number of Topliss-reactive ketones (excluding diaryl/α,β-unsaturated/α-hetero) is 1. The van der Waals surface area contributed by atoms with Crippen molar-refractivity contribution in [2.75, 3.05) is 32.1 Å². The Kier molecular flexibility index (Phi) is 5.67. The zero-order valence-electron chi connectivity index (χ0n) is 20.8. The van der Waals surface area contributed by atoms with E-state index in [1.165, 1.54) is 6.08 Å². The number of nitrogens with zero attached hydrogens (tertiary/aromatic N) is 2. The standard InChI is InChI=1S/C30H28N2O4/c1-5-31(3)21-15-23(33)25(19-13-9-7-11-17(19)21)27-29(35)28(30(27)36)26-20-14-10-8-12-18(20)22(16-24(26)34)32(4)6-2/h7-16,33,35H,5-6H2,1-4H3. The number of ketones is 2. The third-order valence-electron chi connectivity index (χ3n) is 7.19. The highest BCUT2D eigenvalue weighted by molar-refractivity contribution is 6.48. The van der Waals surface area contributed by atoms with Crippen molar-refractivity contribution in [2.24, 2.45) is 0 Å². The molecular weight excluding hydrogens is 452 g/mol. The van der Waals surface area contributed by atoms with E-state index in [0.717, 1.165) is 28.9 Å². The fraction of sp³-hybridized carbons (Fsp3) is 0.200. The van der Waals surface area contributed by atoms with E-state index < -0.39 is 5.78 Å². The molecule has 0 saturated carbocycles. The molecule has 0 bridgehead atoms. The Morgan fingerprint density at radius 3 is 2.00 bits per heavy atom. The summed E-state index contributed by atoms with van der Waals surface area (Å²) in [7, 11) is 3.84. The van der Waals surface area contributed by atoms with Gasteiger partial charge in [-0.1, -0.05) is 48.5 Å². The number of hydrogen-bond acceptors (Lipinski definition) is 6. The quantitative estimate of drug-likeness (QED) is 0.490. The van der Waals surface area contributed by atoms with Crippen molar-refractivity contribution < 1.29 is 19.8 Å². The predicted octanol–water partition coefficient (Wildman–Crippen LogP) is 5.18. The number of allylic oxidation sites excluding steroid dienone is 4. The molecule has 0 saturated heterocycles. The van der Waals surface area contributed by atoms with Crippen LogP contribution in [0.15, 0.2) is 72.0 Å². The summed E-state index contributed by atoms with van der Waals surface area (Å²) in [5.74, 6) is -1.14. The van der Waals surface area contributed by atoms with Gasteiger partial charge in [-0.25, -0.2) is 0 Å². The minimum Gasteiger partial charge on any atom is -0.507 e. The number of aliphatic hydroxyl groups excluding tert-OH is 1. The second kappa shape index (κ2) is 8.72. The molecule has 5 rings (SSSR count). The van der Waals surface area contributed by atoms with E-state index in [2.05, 4.69) is 0 Å². The van der Waals surface area contributed by atoms with Gasteiger partial charge in [0.1, 0.15) is 11.5 Å². The molecular formula is C30H28N2O4. The van der Waals surface area contributed by atoms with Gasteiger partial charge >= 0.3 is 0 Å². The molecule has 0 heterocycles. The van der Waals surface area contributed by atoms with Gasteiger partial charge in [0, 0.05) is 72.8 Å². The highest BCUT2D eigenvalue weighted by Gasteiger charge is 2.42. The van der Waals surface area contributed by atoms with Crippen molar-refractivity contribution in [3.05, 3.63) is 88.7 Å². The normalized spacial score (nSPS) is 17.2. The predicted molar refractivity (Wildman–Crippen MR) is 144 cm³/mol. The minimum atomic E-state index is -0.455. The van der Waals surface area contributed by atoms with E-state index in [9.17, 15) is 19.8 Å². The van der Waals surface area contributed by atoms with Crippen LogP contribution >= 0.6 is 0 Å². The Morgan fingerprint density at radius 2 is 1.36 bits per heavy atom. The molecule has 0 fully saturated rings. The van der Waals surface area contributed by atoms with Gasteiger partial charge in [-0.3, -0.25) is 9.59 Å². The molecule has 0 amide bonds. The Hall–Kier alpha value is -4.32. The molecule has 6 heteroatoms. The number of phenols is 1. The number of anilines is 1. The molecule has 36 heavy (non-hydrogen) atoms. The number of aromatic hydroxyl groups is 1. The Balaban J connectivity index is 1.73. The summed E-state index contributed by atoms with van der Waals surface area (Å²) in [5, 5.41) is 23.7. The first-order valence-corrected chi connectivity index (χ1v) is 12.1. The Morgan fingerprint density at radius 1 is 0.750 bits per heavy atom. The lowest BCUT2D eigenvalue weighted by Crippen LogP contribution is -2.27. The maximum absolute atomic E-state index is 13.6. The molecule has 0 spiro atoms. The highest BCUT2D eigenvalue weighted by atomic mass is 16.3. The summed E-state index contributed by atoms with van der Waals surface area (Å²) >= 11 is 0. The van der Waals surface area contributed by atoms with Crippen LogP contribution in [0.2, 0.25) is 0 Å². The first-order chi connectivity index (χ1) is 17.3. The average Bonchev–Trinajstić information content (AvgIpc) is 2.90. The lowest BCUT2D eigenvalue weighted by Gasteiger charge is -2.31. The SMILES string of the molecule is CCN(C)C1=CC(=O)C(=C2C(=O)C(c3c(O)cc(N(C)CC)c4ccccc34)=C2O)c2ccccc21. The topological polar surface area (TPSA) is 81.1 Å². The van der Waals surface area contributed by atoms with E-state index in [0.29, 0.717) is 17.5 Å². The number of benzene rings is 3. The van der Waals surface area contributed by atoms with Gasteiger partial charge in [-0.05, 0) is 24.8 Å². The summed E-state index contributed by atoms with van der Waals surface area (Å²) in [6.07, 6.45) is 1.52. The number of rotatable bonds is 5. The largest absolute Gasteiger partial charge is 0.507 e. The fourth-order valence-electron chi connectivity index (χ4n) is 5.03. The third-order valence-corrected chi connectivity index (χ3v) is 7.19. The van der Waals surface area contributed by atoms with Gasteiger partial charge in [0.2, 0.25) is 5.78 Å². The molecule has 0 aromatic heterocycles. The second-order valence-electron chi connectivity index (χ2n) is 9.11. The van der Waals surface area contributed by atoms with Crippen molar-refractivity contribution >= 4 is 44.9 Å². The van der Waals surface area contributed by atoms with Crippen LogP contribution in [0.4, 0.5) is 5.69 Å². The van der Waals surface area contributed by atoms with E-state index >= 15 is 0 Å². The second-order valence-corrected chi connectivity index (χ2v) is 9.11. The number of fused-ring (bicyclic) bond motifs is 2. The maximum Gasteiger partial charge on any atom is 0.202 e. The lowest BCUT2D eigenvalue weighted by atomic mass is 9.75. The van der Waals surface area contributed by atoms with Crippen molar-refractivity contribution in [2.45, 2.75) is 13.8 Å². The molecule has 2 aliphatic rings. The highest BCUT2D eigenvalue weighted by Crippen LogP contribution is 2.48. The van der Waals surface area contributed by atoms with Crippen molar-refractivity contribution in [1.82, 2.24) is 4.90 Å². The first kappa shape index (κ1) is 23.4. The number of hydrogen-bond donors (Lipinski definition) is 2. The van der Waals surface area contributed by atoms with Gasteiger partial charge < -0.3 is 20.0 Å². The molecule has 0 radical (unpaired) electrons. The average molecular weight is 481 g/mol. The van der Waals surface area contributed by atoms with Crippen LogP contribution in [0.25, 0.3) is 27.6 Å². The van der Waals surface area contributed by atoms with E-state index in [1.54, 1.807) is 12.1 Å². The number of phenolic OH excluding ortho intramolecular Hbond substituents is 1. The monoisotopic (exact) mass is 480 g/mol. The van der Waals surface area contributed by atoms with E-state index in [1.807, 2.05) is 80.2 Å². The summed E-state index contributed by atoms with van der Waals surface area (Å²) in [6.45, 7) is 5.46. The third kappa shape index (κ3) is 3.33. The van der Waals surface area contributed by atoms with Crippen molar-refractivity contribution in [3.63, 3.8) is 0 Å². The smallest absolute Gasteiger partial charge is 0.202 e. The van der Waals surface area contributed by atoms with Crippen LogP contribution in [-0.4, -0.2) is 53.9 Å². The van der Waals surface area contributed by atoms with Crippen LogP contribution in [0.3, 0.4) is 0 Å². The van der Waals surface area contributed by atoms with Crippen LogP contribution < -0.4 is 4.90 Å². The Bertz CT molecular complexity index is 1540. The maximum atomic E-state index is 13.6. The van der Waals surface area contributed by atoms with Crippen LogP contribution in [0.5, 0.6) is 5.75 Å². The van der Waals surface area contributed by atoms with Gasteiger partial charge in [-0.2, -0.15) is 0 Å². The molecule has 3 aromatic carbocycles. The molecule has 3 aromatic rings. The van der Waals surface area contributed by atoms with Gasteiger partial charge in [0.25, 0.3) is 0 Å². The Labute approximate surface area is 210 Å². The first-order valence-electron chi connectivity index (χ1n) is 12.1.